The van der Waals surface area contributed by atoms with Crippen LogP contribution < -0.4 is 20.9 Å². The predicted octanol–water partition coefficient (Wildman–Crippen LogP) is 3.70. The van der Waals surface area contributed by atoms with E-state index in [-0.39, 0.29) is 29.9 Å². The number of halogens is 1. The molecule has 31 heavy (non-hydrogen) atoms. The second-order valence-electron chi connectivity index (χ2n) is 7.67. The number of hydrogen-bond donors (Lipinski definition) is 3. The molecule has 0 saturated carbocycles. The molecule has 1 aliphatic heterocycles. The topological polar surface area (TPSA) is 68.8 Å². The van der Waals surface area contributed by atoms with Crippen molar-refractivity contribution >= 4 is 41.5 Å². The zero-order valence-corrected chi connectivity index (χ0v) is 21.0. The van der Waals surface area contributed by atoms with Crippen molar-refractivity contribution in [1.29, 1.82) is 0 Å². The van der Waals surface area contributed by atoms with Crippen molar-refractivity contribution in [2.45, 2.75) is 39.8 Å². The van der Waals surface area contributed by atoms with Crippen LogP contribution in [0.4, 0.5) is 5.69 Å². The van der Waals surface area contributed by atoms with Gasteiger partial charge in [-0.3, -0.25) is 4.79 Å². The number of carbonyl (C=O) groups excluding carboxylic acids is 1. The van der Waals surface area contributed by atoms with Crippen LogP contribution in [0.1, 0.15) is 41.8 Å². The standard InChI is InChI=1S/C24H33N5O.HI/c1-4-25-23(30)20-8-6-7-19(15-20)16-27-24(26-5-2)28-21-13-14-29(17-21)22-11-9-18(3)10-12-22;/h6-12,15,21H,4-5,13-14,16-17H2,1-3H3,(H,25,30)(H2,26,27,28);1H. The van der Waals surface area contributed by atoms with Gasteiger partial charge in [0.05, 0.1) is 6.54 Å². The maximum absolute atomic E-state index is 12.1. The highest BCUT2D eigenvalue weighted by molar-refractivity contribution is 14.0. The van der Waals surface area contributed by atoms with E-state index in [2.05, 4.69) is 59.0 Å². The van der Waals surface area contributed by atoms with Crippen LogP contribution in [0.5, 0.6) is 0 Å². The Bertz CT molecular complexity index is 869. The zero-order chi connectivity index (χ0) is 21.3. The third kappa shape index (κ3) is 7.41. The molecule has 7 heteroatoms. The van der Waals surface area contributed by atoms with Crippen LogP contribution in [-0.2, 0) is 6.54 Å². The molecule has 0 radical (unpaired) electrons. The Morgan fingerprint density at radius 1 is 1.10 bits per heavy atom. The van der Waals surface area contributed by atoms with Gasteiger partial charge in [0.25, 0.3) is 5.91 Å². The Balaban J connectivity index is 0.00000341. The number of carbonyl (C=O) groups is 1. The molecule has 1 unspecified atom stereocenters. The van der Waals surface area contributed by atoms with E-state index >= 15 is 0 Å². The van der Waals surface area contributed by atoms with Gasteiger partial charge in [-0.2, -0.15) is 0 Å². The quantitative estimate of drug-likeness (QED) is 0.288. The van der Waals surface area contributed by atoms with Gasteiger partial charge in [0.2, 0.25) is 0 Å². The van der Waals surface area contributed by atoms with E-state index in [1.165, 1.54) is 11.3 Å². The lowest BCUT2D eigenvalue weighted by atomic mass is 10.1. The highest BCUT2D eigenvalue weighted by Crippen LogP contribution is 2.20. The van der Waals surface area contributed by atoms with E-state index in [0.29, 0.717) is 24.7 Å². The van der Waals surface area contributed by atoms with Crippen molar-refractivity contribution in [3.63, 3.8) is 0 Å². The van der Waals surface area contributed by atoms with Crippen LogP contribution >= 0.6 is 24.0 Å². The van der Waals surface area contributed by atoms with Gasteiger partial charge < -0.3 is 20.9 Å². The Kier molecular flexibility index (Phi) is 10.1. The summed E-state index contributed by atoms with van der Waals surface area (Å²) >= 11 is 0. The van der Waals surface area contributed by atoms with Gasteiger partial charge in [-0.25, -0.2) is 4.99 Å². The summed E-state index contributed by atoms with van der Waals surface area (Å²) in [5.74, 6) is 0.771. The second-order valence-corrected chi connectivity index (χ2v) is 7.67. The molecule has 2 aromatic carbocycles. The van der Waals surface area contributed by atoms with Crippen molar-refractivity contribution in [3.8, 4) is 0 Å². The minimum atomic E-state index is -0.0458. The van der Waals surface area contributed by atoms with Crippen LogP contribution in [0.2, 0.25) is 0 Å². The third-order valence-electron chi connectivity index (χ3n) is 5.22. The lowest BCUT2D eigenvalue weighted by molar-refractivity contribution is 0.0955. The number of aryl methyl sites for hydroxylation is 1. The van der Waals surface area contributed by atoms with E-state index in [1.807, 2.05) is 31.2 Å². The number of rotatable bonds is 7. The lowest BCUT2D eigenvalue weighted by Gasteiger charge is -2.20. The molecule has 3 N–H and O–H groups in total. The first-order valence-corrected chi connectivity index (χ1v) is 10.8. The van der Waals surface area contributed by atoms with Gasteiger partial charge in [-0.1, -0.05) is 29.8 Å². The maximum atomic E-state index is 12.1. The summed E-state index contributed by atoms with van der Waals surface area (Å²) in [5, 5.41) is 9.75. The molecule has 168 valence electrons. The maximum Gasteiger partial charge on any atom is 0.251 e. The van der Waals surface area contributed by atoms with Crippen LogP contribution in [0.15, 0.2) is 53.5 Å². The summed E-state index contributed by atoms with van der Waals surface area (Å²) in [6.07, 6.45) is 1.07. The van der Waals surface area contributed by atoms with Crippen molar-refractivity contribution in [2.24, 2.45) is 4.99 Å². The molecule has 0 aliphatic carbocycles. The van der Waals surface area contributed by atoms with Crippen LogP contribution in [0.3, 0.4) is 0 Å². The van der Waals surface area contributed by atoms with Gasteiger partial charge >= 0.3 is 0 Å². The molecule has 2 aromatic rings. The number of hydrogen-bond acceptors (Lipinski definition) is 3. The fourth-order valence-electron chi connectivity index (χ4n) is 3.63. The molecule has 6 nitrogen and oxygen atoms in total. The first-order valence-electron chi connectivity index (χ1n) is 10.8. The van der Waals surface area contributed by atoms with Gasteiger partial charge in [-0.15, -0.1) is 24.0 Å². The Hall–Kier alpha value is -2.29. The summed E-state index contributed by atoms with van der Waals surface area (Å²) in [4.78, 5) is 19.2. The molecule has 0 spiro atoms. The molecule has 1 fully saturated rings. The Morgan fingerprint density at radius 2 is 1.84 bits per heavy atom. The first-order chi connectivity index (χ1) is 14.6. The number of anilines is 1. The van der Waals surface area contributed by atoms with Crippen LogP contribution in [0.25, 0.3) is 0 Å². The van der Waals surface area contributed by atoms with Crippen molar-refractivity contribution in [2.75, 3.05) is 31.1 Å². The monoisotopic (exact) mass is 535 g/mol. The second kappa shape index (κ2) is 12.5. The van der Waals surface area contributed by atoms with Crippen molar-refractivity contribution in [1.82, 2.24) is 16.0 Å². The Labute approximate surface area is 202 Å². The molecule has 0 bridgehead atoms. The number of aliphatic imine (C=N–C) groups is 1. The van der Waals surface area contributed by atoms with Gasteiger partial charge in [0, 0.05) is 43.5 Å². The van der Waals surface area contributed by atoms with E-state index < -0.39 is 0 Å². The van der Waals surface area contributed by atoms with E-state index in [9.17, 15) is 4.79 Å². The number of benzene rings is 2. The lowest BCUT2D eigenvalue weighted by Crippen LogP contribution is -2.44. The minimum Gasteiger partial charge on any atom is -0.369 e. The van der Waals surface area contributed by atoms with E-state index in [1.54, 1.807) is 0 Å². The minimum absolute atomic E-state index is 0. The van der Waals surface area contributed by atoms with Crippen LogP contribution in [0, 0.1) is 6.92 Å². The molecule has 0 aromatic heterocycles. The zero-order valence-electron chi connectivity index (χ0n) is 18.6. The third-order valence-corrected chi connectivity index (χ3v) is 5.22. The summed E-state index contributed by atoms with van der Waals surface area (Å²) in [6, 6.07) is 16.7. The predicted molar refractivity (Wildman–Crippen MR) is 140 cm³/mol. The average Bonchev–Trinajstić information content (AvgIpc) is 3.21. The highest BCUT2D eigenvalue weighted by Gasteiger charge is 2.23. The molecule has 1 heterocycles. The number of amides is 1. The fraction of sp³-hybridized carbons (Fsp3) is 0.417. The molecule has 3 rings (SSSR count). The smallest absolute Gasteiger partial charge is 0.251 e. The summed E-state index contributed by atoms with van der Waals surface area (Å²) in [5.41, 5.74) is 4.25. The van der Waals surface area contributed by atoms with Crippen molar-refractivity contribution in [3.05, 3.63) is 65.2 Å². The fourth-order valence-corrected chi connectivity index (χ4v) is 3.63. The highest BCUT2D eigenvalue weighted by atomic mass is 127. The van der Waals surface area contributed by atoms with Gasteiger partial charge in [0.1, 0.15) is 0 Å². The normalized spacial score (nSPS) is 15.9. The SMILES string of the molecule is CCNC(=O)c1cccc(CN=C(NCC)NC2CCN(c3ccc(C)cc3)C2)c1.I. The molecule has 1 amide bonds. The Morgan fingerprint density at radius 3 is 2.55 bits per heavy atom. The van der Waals surface area contributed by atoms with E-state index in [0.717, 1.165) is 37.6 Å². The number of nitrogens with one attached hydrogen (secondary N) is 3. The summed E-state index contributed by atoms with van der Waals surface area (Å²) in [7, 11) is 0. The van der Waals surface area contributed by atoms with Gasteiger partial charge in [-0.05, 0) is 57.0 Å². The molecule has 1 saturated heterocycles. The average molecular weight is 535 g/mol. The number of guanidine groups is 1. The van der Waals surface area contributed by atoms with Gasteiger partial charge in [0.15, 0.2) is 5.96 Å². The first kappa shape index (κ1) is 25.0. The summed E-state index contributed by atoms with van der Waals surface area (Å²) in [6.45, 7) is 10.1. The number of nitrogens with zero attached hydrogens (tertiary/aromatic N) is 2. The van der Waals surface area contributed by atoms with Crippen molar-refractivity contribution < 1.29 is 4.79 Å². The molecular weight excluding hydrogens is 501 g/mol. The molecular formula is C24H34IN5O. The van der Waals surface area contributed by atoms with E-state index in [4.69, 9.17) is 4.99 Å². The molecule has 1 aliphatic rings. The largest absolute Gasteiger partial charge is 0.369 e. The van der Waals surface area contributed by atoms with Crippen LogP contribution in [-0.4, -0.2) is 44.1 Å². The molecule has 1 atom stereocenters. The summed E-state index contributed by atoms with van der Waals surface area (Å²) < 4.78 is 0.